The molecule has 3 saturated carbocycles. The summed E-state index contributed by atoms with van der Waals surface area (Å²) in [6.07, 6.45) is -9.18. The fraction of sp³-hybridized carbons (Fsp3) is 0.596. The Morgan fingerprint density at radius 2 is 1.57 bits per heavy atom. The van der Waals surface area contributed by atoms with Gasteiger partial charge in [0.05, 0.1) is 29.6 Å². The van der Waals surface area contributed by atoms with Gasteiger partial charge in [-0.05, 0) is 51.8 Å². The molecule has 1 amide bonds. The number of hydrogen-bond acceptors (Lipinski definition) is 15. The highest BCUT2D eigenvalue weighted by Crippen LogP contribution is 2.64. The second-order valence-electron chi connectivity index (χ2n) is 19.1. The number of ketones is 2. The maximum Gasteiger partial charge on any atom is 0.408 e. The number of esters is 4. The number of ether oxygens (including phenoxy) is 6. The predicted molar refractivity (Wildman–Crippen MR) is 221 cm³/mol. The molecule has 4 fully saturated rings. The molecule has 1 aliphatic heterocycles. The van der Waals surface area contributed by atoms with Crippen molar-refractivity contribution in [2.75, 3.05) is 6.61 Å². The molecule has 1 heterocycles. The van der Waals surface area contributed by atoms with Crippen LogP contribution in [0.5, 0.6) is 0 Å². The van der Waals surface area contributed by atoms with E-state index in [1.165, 1.54) is 19.1 Å². The van der Waals surface area contributed by atoms with Gasteiger partial charge >= 0.3 is 30.0 Å². The molecule has 342 valence electrons. The first-order valence-corrected chi connectivity index (χ1v) is 21.4. The molecule has 63 heavy (non-hydrogen) atoms. The number of amides is 1. The summed E-state index contributed by atoms with van der Waals surface area (Å²) in [5, 5.41) is 28.2. The van der Waals surface area contributed by atoms with E-state index < -0.39 is 130 Å². The molecule has 0 spiro atoms. The van der Waals surface area contributed by atoms with Gasteiger partial charge in [-0.1, -0.05) is 76.2 Å². The lowest BCUT2D eigenvalue weighted by Gasteiger charge is -2.67. The molecule has 3 unspecified atom stereocenters. The maximum absolute atomic E-state index is 15.0. The molecular formula is C47H59NO15. The van der Waals surface area contributed by atoms with Crippen LogP contribution < -0.4 is 5.32 Å². The zero-order valence-electron chi connectivity index (χ0n) is 37.2. The average molecular weight is 878 g/mol. The molecule has 0 aromatic heterocycles. The third-order valence-corrected chi connectivity index (χ3v) is 13.6. The molecule has 2 aromatic carbocycles. The van der Waals surface area contributed by atoms with Crippen molar-refractivity contribution in [2.45, 2.75) is 141 Å². The molecule has 4 aliphatic rings. The summed E-state index contributed by atoms with van der Waals surface area (Å²) in [5.74, 6) is -9.80. The molecule has 3 aliphatic carbocycles. The van der Waals surface area contributed by atoms with Crippen molar-refractivity contribution in [3.05, 3.63) is 71.8 Å². The van der Waals surface area contributed by atoms with Crippen molar-refractivity contribution in [1.82, 2.24) is 5.32 Å². The Morgan fingerprint density at radius 3 is 2.13 bits per heavy atom. The van der Waals surface area contributed by atoms with Crippen LogP contribution in [0.2, 0.25) is 0 Å². The SMILES string of the molecule is CCCC(=O)O[C@@H](C(=O)O[C@H]1C[C@@]2(O)[C@@H](OC(=O)c3ccccc3)C3[C@](C)(C(=O)C(=O)C(C1C)C2(C)C)[C@@H](O)C[C@H]1OC[C@@]31OC(C)=O)[C@@H](NC(=O)OC(C)(C)C)c1ccccc1. The first kappa shape index (κ1) is 47.3. The van der Waals surface area contributed by atoms with Crippen LogP contribution >= 0.6 is 0 Å². The number of hydrogen-bond donors (Lipinski definition) is 3. The first-order chi connectivity index (χ1) is 29.4. The minimum absolute atomic E-state index is 0.0641. The van der Waals surface area contributed by atoms with Crippen molar-refractivity contribution in [3.8, 4) is 0 Å². The maximum atomic E-state index is 15.0. The number of carbonyl (C=O) groups is 7. The minimum Gasteiger partial charge on any atom is -0.459 e. The van der Waals surface area contributed by atoms with Crippen LogP contribution in [0.4, 0.5) is 4.79 Å². The van der Waals surface area contributed by atoms with Crippen LogP contribution in [0.15, 0.2) is 60.7 Å². The van der Waals surface area contributed by atoms with E-state index >= 15 is 4.79 Å². The van der Waals surface area contributed by atoms with Gasteiger partial charge < -0.3 is 44.0 Å². The Morgan fingerprint density at radius 1 is 0.952 bits per heavy atom. The molecular weight excluding hydrogens is 819 g/mol. The van der Waals surface area contributed by atoms with Gasteiger partial charge in [0.1, 0.15) is 35.6 Å². The Kier molecular flexibility index (Phi) is 13.1. The average Bonchev–Trinajstić information content (AvgIpc) is 3.20. The highest BCUT2D eigenvalue weighted by molar-refractivity contribution is 6.40. The Labute approximate surface area is 366 Å². The summed E-state index contributed by atoms with van der Waals surface area (Å²) in [7, 11) is 0. The molecule has 16 heteroatoms. The zero-order valence-corrected chi connectivity index (χ0v) is 37.2. The van der Waals surface area contributed by atoms with Crippen LogP contribution in [-0.4, -0.2) is 106 Å². The van der Waals surface area contributed by atoms with Crippen molar-refractivity contribution >= 4 is 41.5 Å². The smallest absolute Gasteiger partial charge is 0.408 e. The minimum atomic E-state index is -2.39. The van der Waals surface area contributed by atoms with E-state index in [1.54, 1.807) is 97.0 Å². The van der Waals surface area contributed by atoms with E-state index in [0.29, 0.717) is 12.0 Å². The van der Waals surface area contributed by atoms with E-state index in [9.17, 15) is 39.0 Å². The second kappa shape index (κ2) is 17.4. The number of aliphatic hydroxyl groups excluding tert-OH is 1. The van der Waals surface area contributed by atoms with Gasteiger partial charge in [-0.2, -0.15) is 0 Å². The Balaban J connectivity index is 1.50. The van der Waals surface area contributed by atoms with Crippen LogP contribution in [0.1, 0.15) is 110 Å². The monoisotopic (exact) mass is 877 g/mol. The molecule has 1 saturated heterocycles. The summed E-state index contributed by atoms with van der Waals surface area (Å²) in [4.78, 5) is 98.6. The normalized spacial score (nSPS) is 33.0. The largest absolute Gasteiger partial charge is 0.459 e. The van der Waals surface area contributed by atoms with Gasteiger partial charge in [-0.25, -0.2) is 14.4 Å². The van der Waals surface area contributed by atoms with E-state index in [1.807, 2.05) is 0 Å². The van der Waals surface area contributed by atoms with Gasteiger partial charge in [-0.15, -0.1) is 0 Å². The van der Waals surface area contributed by atoms with Gasteiger partial charge in [0, 0.05) is 43.4 Å². The van der Waals surface area contributed by atoms with Gasteiger partial charge in [0.15, 0.2) is 5.60 Å². The number of Topliss-reactive ketones (excluding diaryl/α,β-unsaturated/α-hetero) is 2. The third-order valence-electron chi connectivity index (χ3n) is 13.6. The first-order valence-electron chi connectivity index (χ1n) is 21.4. The summed E-state index contributed by atoms with van der Waals surface area (Å²) < 4.78 is 35.8. The van der Waals surface area contributed by atoms with Crippen LogP contribution in [0, 0.1) is 28.6 Å². The van der Waals surface area contributed by atoms with Crippen molar-refractivity contribution in [2.24, 2.45) is 28.6 Å². The number of nitrogens with one attached hydrogen (secondary N) is 1. The number of aliphatic hydroxyl groups is 2. The highest BCUT2D eigenvalue weighted by atomic mass is 16.6. The van der Waals surface area contributed by atoms with E-state index in [4.69, 9.17) is 28.4 Å². The molecule has 0 radical (unpaired) electrons. The van der Waals surface area contributed by atoms with Crippen LogP contribution in [0.25, 0.3) is 0 Å². The summed E-state index contributed by atoms with van der Waals surface area (Å²) in [6, 6.07) is 14.7. The van der Waals surface area contributed by atoms with Gasteiger partial charge in [0.25, 0.3) is 0 Å². The number of fused-ring (bicyclic) bond motifs is 5. The standard InChI is InChI=1S/C47H59NO15/c1-10-17-32(51)60-36(34(27-18-13-11-14-19-27)48-42(56)63-43(4,5)6)41(55)59-29-23-47(57)39(61-40(54)28-20-15-12-16-21-28)37-45(9,38(53)35(52)33(25(29)2)44(47,7)8)30(50)22-31-46(37,24-58-31)62-26(3)49/h11-16,18-21,25,29-31,33-34,36-37,39,50,57H,10,17,22-24H2,1-9H3,(H,48,56)/t25?,29-,30-,31+,33?,34-,36+,37?,39-,45+,46-,47+/m0/s1. The van der Waals surface area contributed by atoms with Crippen LogP contribution in [-0.2, 0) is 52.4 Å². The lowest BCUT2D eigenvalue weighted by molar-refractivity contribution is -0.350. The zero-order chi connectivity index (χ0) is 46.4. The lowest BCUT2D eigenvalue weighted by Crippen LogP contribution is -2.82. The second-order valence-corrected chi connectivity index (χ2v) is 19.1. The van der Waals surface area contributed by atoms with E-state index in [-0.39, 0.29) is 25.0 Å². The number of alkyl carbamates (subject to hydrolysis) is 1. The molecule has 2 aromatic rings. The fourth-order valence-corrected chi connectivity index (χ4v) is 10.4. The predicted octanol–water partition coefficient (Wildman–Crippen LogP) is 4.75. The Hall–Kier alpha value is -5.19. The van der Waals surface area contributed by atoms with Crippen molar-refractivity contribution in [1.29, 1.82) is 0 Å². The molecule has 3 N–H and O–H groups in total. The number of benzene rings is 2. The fourth-order valence-electron chi connectivity index (χ4n) is 10.4. The Bertz CT molecular complexity index is 2100. The van der Waals surface area contributed by atoms with Crippen molar-refractivity contribution in [3.63, 3.8) is 0 Å². The van der Waals surface area contributed by atoms with E-state index in [2.05, 4.69) is 5.32 Å². The van der Waals surface area contributed by atoms with Crippen LogP contribution in [0.3, 0.4) is 0 Å². The molecule has 2 bridgehead atoms. The quantitative estimate of drug-likeness (QED) is 0.157. The highest BCUT2D eigenvalue weighted by Gasteiger charge is 2.79. The topological polar surface area (TPSA) is 227 Å². The molecule has 6 rings (SSSR count). The summed E-state index contributed by atoms with van der Waals surface area (Å²) >= 11 is 0. The lowest BCUT2D eigenvalue weighted by atomic mass is 9.42. The van der Waals surface area contributed by atoms with E-state index in [0.717, 1.165) is 6.92 Å². The van der Waals surface area contributed by atoms with Gasteiger partial charge in [0.2, 0.25) is 17.7 Å². The summed E-state index contributed by atoms with van der Waals surface area (Å²) in [6.45, 7) is 13.5. The number of carbonyl (C=O) groups excluding carboxylic acids is 7. The van der Waals surface area contributed by atoms with Gasteiger partial charge in [-0.3, -0.25) is 19.2 Å². The van der Waals surface area contributed by atoms with Crippen molar-refractivity contribution < 1.29 is 72.2 Å². The number of rotatable bonds is 11. The third kappa shape index (κ3) is 8.49. The molecule has 12 atom stereocenters. The summed E-state index contributed by atoms with van der Waals surface area (Å²) in [5.41, 5.74) is -8.47. The molecule has 16 nitrogen and oxygen atoms in total.